The number of fused-ring (bicyclic) bond motifs is 1. The van der Waals surface area contributed by atoms with Gasteiger partial charge in [0, 0.05) is 24.5 Å². The Balaban J connectivity index is 1.81. The molecule has 2 atom stereocenters. The van der Waals surface area contributed by atoms with Crippen LogP contribution in [-0.2, 0) is 10.2 Å². The highest BCUT2D eigenvalue weighted by molar-refractivity contribution is 5.42. The second-order valence-electron chi connectivity index (χ2n) is 5.97. The molecule has 1 aliphatic heterocycles. The molecule has 0 aromatic heterocycles. The predicted molar refractivity (Wildman–Crippen MR) is 71.2 cm³/mol. The number of nitrogens with one attached hydrogen (secondary N) is 1. The molecule has 1 N–H and O–H groups in total. The predicted octanol–water partition coefficient (Wildman–Crippen LogP) is 2.85. The van der Waals surface area contributed by atoms with E-state index in [0.717, 1.165) is 31.5 Å². The molecule has 0 radical (unpaired) electrons. The molecule has 0 spiro atoms. The van der Waals surface area contributed by atoms with Crippen molar-refractivity contribution < 1.29 is 22.6 Å². The summed E-state index contributed by atoms with van der Waals surface area (Å²) in [7, 11) is 1.69. The Hall–Kier alpha value is -1.27. The van der Waals surface area contributed by atoms with Crippen LogP contribution in [0, 0.1) is 5.41 Å². The van der Waals surface area contributed by atoms with Crippen molar-refractivity contribution in [3.63, 3.8) is 0 Å². The molecular formula is C15H18F3NO2. The Morgan fingerprint density at radius 2 is 1.95 bits per heavy atom. The number of ether oxygens (including phenoxy) is 2. The van der Waals surface area contributed by atoms with E-state index in [-0.39, 0.29) is 16.6 Å². The maximum atomic E-state index is 12.2. The topological polar surface area (TPSA) is 30.5 Å². The molecule has 6 heteroatoms. The van der Waals surface area contributed by atoms with Gasteiger partial charge in [-0.05, 0) is 37.1 Å². The highest BCUT2D eigenvalue weighted by atomic mass is 19.4. The molecule has 116 valence electrons. The number of piperidine rings is 1. The van der Waals surface area contributed by atoms with Gasteiger partial charge in [0.1, 0.15) is 5.75 Å². The second-order valence-corrected chi connectivity index (χ2v) is 5.97. The van der Waals surface area contributed by atoms with Crippen molar-refractivity contribution in [1.82, 2.24) is 5.32 Å². The summed E-state index contributed by atoms with van der Waals surface area (Å²) in [4.78, 5) is 0. The first-order valence-corrected chi connectivity index (χ1v) is 6.97. The van der Waals surface area contributed by atoms with E-state index in [2.05, 4.69) is 10.1 Å². The SMILES string of the molecule is COCC12CNCCC1(c1ccc(OC(F)(F)F)cc1)C2. The number of alkyl halides is 3. The van der Waals surface area contributed by atoms with E-state index in [1.165, 1.54) is 12.1 Å². The van der Waals surface area contributed by atoms with E-state index in [9.17, 15) is 13.2 Å². The van der Waals surface area contributed by atoms with Crippen LogP contribution in [0.3, 0.4) is 0 Å². The molecule has 3 nitrogen and oxygen atoms in total. The van der Waals surface area contributed by atoms with Crippen LogP contribution in [0.25, 0.3) is 0 Å². The Kier molecular flexibility index (Phi) is 3.41. The lowest BCUT2D eigenvalue weighted by atomic mass is 9.81. The van der Waals surface area contributed by atoms with Crippen molar-refractivity contribution in [3.8, 4) is 5.75 Å². The number of rotatable bonds is 4. The average Bonchev–Trinajstić information content (AvgIpc) is 3.08. The van der Waals surface area contributed by atoms with E-state index in [0.29, 0.717) is 6.61 Å². The molecule has 1 aromatic rings. The smallest absolute Gasteiger partial charge is 0.406 e. The summed E-state index contributed by atoms with van der Waals surface area (Å²) in [6.07, 6.45) is -2.65. The summed E-state index contributed by atoms with van der Waals surface area (Å²) in [5.74, 6) is -0.172. The van der Waals surface area contributed by atoms with Gasteiger partial charge in [-0.25, -0.2) is 0 Å². The number of methoxy groups -OCH3 is 1. The summed E-state index contributed by atoms with van der Waals surface area (Å²) < 4.78 is 45.9. The third-order valence-corrected chi connectivity index (χ3v) is 4.78. The zero-order valence-corrected chi connectivity index (χ0v) is 11.8. The molecule has 21 heavy (non-hydrogen) atoms. The molecule has 1 saturated carbocycles. The van der Waals surface area contributed by atoms with Gasteiger partial charge in [0.25, 0.3) is 0 Å². The largest absolute Gasteiger partial charge is 0.573 e. The molecule has 0 amide bonds. The summed E-state index contributed by atoms with van der Waals surface area (Å²) in [5.41, 5.74) is 1.19. The van der Waals surface area contributed by atoms with Crippen LogP contribution < -0.4 is 10.1 Å². The van der Waals surface area contributed by atoms with Crippen molar-refractivity contribution in [2.45, 2.75) is 24.6 Å². The molecule has 2 unspecified atom stereocenters. The maximum Gasteiger partial charge on any atom is 0.573 e. The lowest BCUT2D eigenvalue weighted by molar-refractivity contribution is -0.274. The number of benzene rings is 1. The molecule has 2 aliphatic rings. The van der Waals surface area contributed by atoms with Crippen LogP contribution in [-0.4, -0.2) is 33.2 Å². The Morgan fingerprint density at radius 3 is 2.57 bits per heavy atom. The molecule has 0 bridgehead atoms. The average molecular weight is 301 g/mol. The van der Waals surface area contributed by atoms with Gasteiger partial charge >= 0.3 is 6.36 Å². The van der Waals surface area contributed by atoms with E-state index >= 15 is 0 Å². The number of hydrogen-bond acceptors (Lipinski definition) is 3. The molecule has 1 aliphatic carbocycles. The van der Waals surface area contributed by atoms with Gasteiger partial charge in [0.15, 0.2) is 0 Å². The Bertz CT molecular complexity index is 513. The zero-order valence-electron chi connectivity index (χ0n) is 11.8. The van der Waals surface area contributed by atoms with Crippen molar-refractivity contribution in [3.05, 3.63) is 29.8 Å². The summed E-state index contributed by atoms with van der Waals surface area (Å²) in [6, 6.07) is 6.30. The van der Waals surface area contributed by atoms with Crippen LogP contribution in [0.15, 0.2) is 24.3 Å². The fourth-order valence-corrected chi connectivity index (χ4v) is 3.79. The molecule has 1 aromatic carbocycles. The second kappa shape index (κ2) is 4.88. The van der Waals surface area contributed by atoms with Gasteiger partial charge in [0.05, 0.1) is 6.61 Å². The maximum absolute atomic E-state index is 12.2. The summed E-state index contributed by atoms with van der Waals surface area (Å²) in [6.45, 7) is 2.48. The van der Waals surface area contributed by atoms with Crippen LogP contribution in [0.2, 0.25) is 0 Å². The van der Waals surface area contributed by atoms with E-state index in [1.807, 2.05) is 0 Å². The van der Waals surface area contributed by atoms with Gasteiger partial charge in [0.2, 0.25) is 0 Å². The minimum Gasteiger partial charge on any atom is -0.406 e. The molecule has 2 fully saturated rings. The summed E-state index contributed by atoms with van der Waals surface area (Å²) >= 11 is 0. The van der Waals surface area contributed by atoms with E-state index < -0.39 is 6.36 Å². The Morgan fingerprint density at radius 1 is 1.24 bits per heavy atom. The van der Waals surface area contributed by atoms with E-state index in [1.54, 1.807) is 19.2 Å². The highest BCUT2D eigenvalue weighted by Gasteiger charge is 2.68. The van der Waals surface area contributed by atoms with Crippen LogP contribution >= 0.6 is 0 Å². The fraction of sp³-hybridized carbons (Fsp3) is 0.600. The van der Waals surface area contributed by atoms with Gasteiger partial charge < -0.3 is 14.8 Å². The van der Waals surface area contributed by atoms with Crippen molar-refractivity contribution in [2.24, 2.45) is 5.41 Å². The van der Waals surface area contributed by atoms with Crippen molar-refractivity contribution >= 4 is 0 Å². The van der Waals surface area contributed by atoms with Crippen molar-refractivity contribution in [1.29, 1.82) is 0 Å². The first kappa shape index (κ1) is 14.7. The molecular weight excluding hydrogens is 283 g/mol. The first-order valence-electron chi connectivity index (χ1n) is 6.97. The van der Waals surface area contributed by atoms with Gasteiger partial charge in [-0.3, -0.25) is 0 Å². The van der Waals surface area contributed by atoms with Gasteiger partial charge in [-0.2, -0.15) is 0 Å². The van der Waals surface area contributed by atoms with Crippen LogP contribution in [0.1, 0.15) is 18.4 Å². The zero-order chi connectivity index (χ0) is 15.1. The number of hydrogen-bond donors (Lipinski definition) is 1. The monoisotopic (exact) mass is 301 g/mol. The third kappa shape index (κ3) is 2.51. The number of halogens is 3. The molecule has 1 heterocycles. The Labute approximate surface area is 121 Å². The van der Waals surface area contributed by atoms with Crippen LogP contribution in [0.4, 0.5) is 13.2 Å². The normalized spacial score (nSPS) is 31.6. The molecule has 3 rings (SSSR count). The lowest BCUT2D eigenvalue weighted by Crippen LogP contribution is -2.40. The van der Waals surface area contributed by atoms with E-state index in [4.69, 9.17) is 4.74 Å². The summed E-state index contributed by atoms with van der Waals surface area (Å²) in [5, 5.41) is 3.39. The van der Waals surface area contributed by atoms with Gasteiger partial charge in [-0.15, -0.1) is 13.2 Å². The van der Waals surface area contributed by atoms with Gasteiger partial charge in [-0.1, -0.05) is 12.1 Å². The first-order chi connectivity index (χ1) is 9.91. The van der Waals surface area contributed by atoms with Crippen LogP contribution in [0.5, 0.6) is 5.75 Å². The lowest BCUT2D eigenvalue weighted by Gasteiger charge is -2.31. The molecule has 1 saturated heterocycles. The standard InChI is InChI=1S/C15H18F3NO2/c1-20-10-13-8-14(13,6-7-19-9-13)11-2-4-12(5-3-11)21-15(16,17)18/h2-5,19H,6-10H2,1H3. The minimum absolute atomic E-state index is 0.0328. The quantitative estimate of drug-likeness (QED) is 0.927. The minimum atomic E-state index is -4.64. The highest BCUT2D eigenvalue weighted by Crippen LogP contribution is 2.67. The van der Waals surface area contributed by atoms with Crippen molar-refractivity contribution in [2.75, 3.05) is 26.8 Å². The third-order valence-electron chi connectivity index (χ3n) is 4.78. The fourth-order valence-electron chi connectivity index (χ4n) is 3.79.